The zero-order chi connectivity index (χ0) is 23.9. The van der Waals surface area contributed by atoms with E-state index >= 15 is 0 Å². The fraction of sp³-hybridized carbons (Fsp3) is 0.480. The molecular weight excluding hydrogens is 447 g/mol. The van der Waals surface area contributed by atoms with E-state index in [4.69, 9.17) is 4.74 Å². The summed E-state index contributed by atoms with van der Waals surface area (Å²) in [6.07, 6.45) is 3.66. The number of alkyl halides is 3. The molecule has 180 valence electrons. The summed E-state index contributed by atoms with van der Waals surface area (Å²) >= 11 is 0. The van der Waals surface area contributed by atoms with Gasteiger partial charge in [-0.05, 0) is 86.6 Å². The van der Waals surface area contributed by atoms with E-state index in [9.17, 15) is 22.8 Å². The molecule has 4 bridgehead atoms. The Bertz CT molecular complexity index is 1070. The van der Waals surface area contributed by atoms with Gasteiger partial charge in [0.2, 0.25) is 0 Å². The summed E-state index contributed by atoms with van der Waals surface area (Å²) in [5.74, 6) is 0.972. The molecule has 0 atom stereocenters. The minimum Gasteiger partial charge on any atom is -0.452 e. The maximum Gasteiger partial charge on any atom is 0.416 e. The van der Waals surface area contributed by atoms with Crippen LogP contribution in [-0.2, 0) is 15.7 Å². The first-order valence-corrected chi connectivity index (χ1v) is 11.6. The molecule has 1 aromatic carbocycles. The fourth-order valence-electron chi connectivity index (χ4n) is 6.38. The van der Waals surface area contributed by atoms with Gasteiger partial charge in [-0.3, -0.25) is 4.79 Å². The van der Waals surface area contributed by atoms with Crippen molar-refractivity contribution in [2.24, 2.45) is 17.8 Å². The first-order valence-electron chi connectivity index (χ1n) is 11.6. The van der Waals surface area contributed by atoms with Crippen molar-refractivity contribution in [3.05, 3.63) is 53.7 Å². The van der Waals surface area contributed by atoms with Crippen molar-refractivity contribution >= 4 is 23.4 Å². The van der Waals surface area contributed by atoms with Crippen molar-refractivity contribution in [2.45, 2.75) is 50.2 Å². The predicted octanol–water partition coefficient (Wildman–Crippen LogP) is 5.09. The zero-order valence-electron chi connectivity index (χ0n) is 18.5. The Morgan fingerprint density at radius 1 is 1.03 bits per heavy atom. The second-order valence-electron chi connectivity index (χ2n) is 9.93. The summed E-state index contributed by atoms with van der Waals surface area (Å²) in [5, 5.41) is 5.90. The van der Waals surface area contributed by atoms with Crippen LogP contribution in [0.25, 0.3) is 0 Å². The molecule has 0 unspecified atom stereocenters. The SMILES string of the molecule is O=C(COC(=O)c1cccnc1Nc1cccc(C(F)(F)F)c1)NC12CC3CC(CC(C3)C1)C2. The van der Waals surface area contributed by atoms with E-state index < -0.39 is 24.3 Å². The number of nitrogens with zero attached hydrogens (tertiary/aromatic N) is 1. The van der Waals surface area contributed by atoms with Crippen molar-refractivity contribution in [1.29, 1.82) is 0 Å². The summed E-state index contributed by atoms with van der Waals surface area (Å²) < 4.78 is 44.3. The van der Waals surface area contributed by atoms with E-state index in [2.05, 4.69) is 15.6 Å². The first kappa shape index (κ1) is 22.7. The largest absolute Gasteiger partial charge is 0.452 e. The minimum absolute atomic E-state index is 0.0301. The van der Waals surface area contributed by atoms with E-state index in [1.165, 1.54) is 49.7 Å². The van der Waals surface area contributed by atoms with Crippen molar-refractivity contribution in [3.8, 4) is 0 Å². The average Bonchev–Trinajstić information content (AvgIpc) is 2.76. The molecule has 0 spiro atoms. The lowest BCUT2D eigenvalue weighted by atomic mass is 9.53. The maximum absolute atomic E-state index is 13.0. The van der Waals surface area contributed by atoms with Crippen LogP contribution in [-0.4, -0.2) is 29.0 Å². The van der Waals surface area contributed by atoms with Gasteiger partial charge in [0, 0.05) is 17.4 Å². The third-order valence-corrected chi connectivity index (χ3v) is 7.26. The molecule has 2 aromatic rings. The number of carbonyl (C=O) groups is 2. The van der Waals surface area contributed by atoms with Crippen LogP contribution < -0.4 is 10.6 Å². The number of hydrogen-bond donors (Lipinski definition) is 2. The maximum atomic E-state index is 13.0. The van der Waals surface area contributed by atoms with Crippen LogP contribution >= 0.6 is 0 Å². The lowest BCUT2D eigenvalue weighted by Crippen LogP contribution is -2.60. The Hall–Kier alpha value is -3.10. The monoisotopic (exact) mass is 473 g/mol. The van der Waals surface area contributed by atoms with Gasteiger partial charge < -0.3 is 15.4 Å². The minimum atomic E-state index is -4.49. The van der Waals surface area contributed by atoms with Crippen LogP contribution in [0.4, 0.5) is 24.7 Å². The Morgan fingerprint density at radius 2 is 1.71 bits per heavy atom. The van der Waals surface area contributed by atoms with Gasteiger partial charge in [0.05, 0.1) is 5.56 Å². The quantitative estimate of drug-likeness (QED) is 0.572. The van der Waals surface area contributed by atoms with Gasteiger partial charge in [0.25, 0.3) is 5.91 Å². The number of nitrogens with one attached hydrogen (secondary N) is 2. The Morgan fingerprint density at radius 3 is 2.35 bits per heavy atom. The number of hydrogen-bond acceptors (Lipinski definition) is 5. The molecule has 0 saturated heterocycles. The second kappa shape index (κ2) is 8.60. The molecule has 9 heteroatoms. The van der Waals surface area contributed by atoms with Crippen LogP contribution in [0.5, 0.6) is 0 Å². The van der Waals surface area contributed by atoms with Gasteiger partial charge in [0.1, 0.15) is 11.4 Å². The average molecular weight is 473 g/mol. The van der Waals surface area contributed by atoms with Crippen molar-refractivity contribution in [1.82, 2.24) is 10.3 Å². The highest BCUT2D eigenvalue weighted by Gasteiger charge is 2.51. The highest BCUT2D eigenvalue weighted by Crippen LogP contribution is 2.55. The standard InChI is InChI=1S/C25H26F3N3O3/c26-25(27,28)18-3-1-4-19(10-18)30-22-20(5-2-6-29-22)23(33)34-14-21(32)31-24-11-15-7-16(12-24)9-17(8-15)13-24/h1-6,10,15-17H,7-9,11-14H2,(H,29,30)(H,31,32). The number of anilines is 2. The molecule has 6 rings (SSSR count). The van der Waals surface area contributed by atoms with Crippen molar-refractivity contribution < 1.29 is 27.5 Å². The molecule has 1 amide bonds. The highest BCUT2D eigenvalue weighted by molar-refractivity contribution is 5.96. The lowest BCUT2D eigenvalue weighted by molar-refractivity contribution is -0.137. The summed E-state index contributed by atoms with van der Waals surface area (Å²) in [4.78, 5) is 29.4. The van der Waals surface area contributed by atoms with Gasteiger partial charge in [-0.1, -0.05) is 6.07 Å². The zero-order valence-corrected chi connectivity index (χ0v) is 18.5. The first-order chi connectivity index (χ1) is 16.2. The van der Waals surface area contributed by atoms with Crippen LogP contribution in [0.3, 0.4) is 0 Å². The van der Waals surface area contributed by atoms with Gasteiger partial charge in [0.15, 0.2) is 6.61 Å². The predicted molar refractivity (Wildman–Crippen MR) is 118 cm³/mol. The van der Waals surface area contributed by atoms with Crippen LogP contribution in [0.2, 0.25) is 0 Å². The number of aromatic nitrogens is 1. The van der Waals surface area contributed by atoms with Crippen LogP contribution in [0.15, 0.2) is 42.6 Å². The number of rotatable bonds is 6. The molecule has 1 heterocycles. The molecule has 4 aliphatic carbocycles. The molecular formula is C25H26F3N3O3. The summed E-state index contributed by atoms with van der Waals surface area (Å²) in [5.41, 5.74) is -0.841. The van der Waals surface area contributed by atoms with Gasteiger partial charge in [-0.25, -0.2) is 9.78 Å². The molecule has 4 aliphatic rings. The van der Waals surface area contributed by atoms with Crippen molar-refractivity contribution in [3.63, 3.8) is 0 Å². The van der Waals surface area contributed by atoms with E-state index in [0.29, 0.717) is 17.8 Å². The number of halogens is 3. The number of carbonyl (C=O) groups excluding carboxylic acids is 2. The van der Waals surface area contributed by atoms with E-state index in [0.717, 1.165) is 31.4 Å². The molecule has 0 aliphatic heterocycles. The highest BCUT2D eigenvalue weighted by atomic mass is 19.4. The smallest absolute Gasteiger partial charge is 0.416 e. The second-order valence-corrected chi connectivity index (χ2v) is 9.93. The fourth-order valence-corrected chi connectivity index (χ4v) is 6.38. The van der Waals surface area contributed by atoms with Gasteiger partial charge in [-0.2, -0.15) is 13.2 Å². The van der Waals surface area contributed by atoms with Crippen LogP contribution in [0, 0.1) is 17.8 Å². The molecule has 6 nitrogen and oxygen atoms in total. The number of pyridine rings is 1. The van der Waals surface area contributed by atoms with Gasteiger partial charge >= 0.3 is 12.1 Å². The molecule has 0 radical (unpaired) electrons. The third kappa shape index (κ3) is 4.74. The molecule has 4 fully saturated rings. The summed E-state index contributed by atoms with van der Waals surface area (Å²) in [6, 6.07) is 7.56. The number of esters is 1. The van der Waals surface area contributed by atoms with Crippen molar-refractivity contribution in [2.75, 3.05) is 11.9 Å². The van der Waals surface area contributed by atoms with Crippen LogP contribution in [0.1, 0.15) is 54.4 Å². The molecule has 4 saturated carbocycles. The Balaban J connectivity index is 1.22. The molecule has 34 heavy (non-hydrogen) atoms. The summed E-state index contributed by atoms with van der Waals surface area (Å²) in [6.45, 7) is -0.418. The molecule has 2 N–H and O–H groups in total. The van der Waals surface area contributed by atoms with E-state index in [1.54, 1.807) is 0 Å². The Labute approximate surface area is 195 Å². The van der Waals surface area contributed by atoms with E-state index in [-0.39, 0.29) is 28.5 Å². The van der Waals surface area contributed by atoms with E-state index in [1.807, 2.05) is 0 Å². The number of benzene rings is 1. The third-order valence-electron chi connectivity index (χ3n) is 7.26. The van der Waals surface area contributed by atoms with Gasteiger partial charge in [-0.15, -0.1) is 0 Å². The summed E-state index contributed by atoms with van der Waals surface area (Å²) in [7, 11) is 0. The molecule has 1 aromatic heterocycles. The topological polar surface area (TPSA) is 80.3 Å². The number of amides is 1. The number of ether oxygens (including phenoxy) is 1. The lowest BCUT2D eigenvalue weighted by Gasteiger charge is -2.56. The normalized spacial score (nSPS) is 27.3. The Kier molecular flexibility index (Phi) is 5.73.